The summed E-state index contributed by atoms with van der Waals surface area (Å²) in [4.78, 5) is 11.8. The molecule has 1 saturated carbocycles. The number of carbonyl (C=O) groups excluding carboxylic acids is 1. The molecule has 1 aromatic rings. The Morgan fingerprint density at radius 2 is 2.20 bits per heavy atom. The predicted octanol–water partition coefficient (Wildman–Crippen LogP) is 3.06. The maximum Gasteiger partial charge on any atom is 0.339 e. The van der Waals surface area contributed by atoms with Crippen molar-refractivity contribution in [2.45, 2.75) is 31.7 Å². The molecular formula is C15H21ClN2O2. The van der Waals surface area contributed by atoms with E-state index in [0.717, 1.165) is 18.5 Å². The third kappa shape index (κ3) is 3.44. The van der Waals surface area contributed by atoms with E-state index in [1.807, 2.05) is 0 Å². The van der Waals surface area contributed by atoms with Crippen molar-refractivity contribution in [2.24, 2.45) is 11.7 Å². The lowest BCUT2D eigenvalue weighted by Crippen LogP contribution is -2.37. The third-order valence-electron chi connectivity index (χ3n) is 3.94. The normalized spacial score (nSPS) is 22.4. The molecule has 0 aliphatic heterocycles. The first-order valence-electron chi connectivity index (χ1n) is 7.00. The summed E-state index contributed by atoms with van der Waals surface area (Å²) in [7, 11) is 1.38. The molecule has 0 aromatic heterocycles. The van der Waals surface area contributed by atoms with E-state index in [4.69, 9.17) is 22.1 Å². The number of nitrogens with one attached hydrogen (secondary N) is 1. The second kappa shape index (κ2) is 6.95. The van der Waals surface area contributed by atoms with E-state index >= 15 is 0 Å². The van der Waals surface area contributed by atoms with Gasteiger partial charge in [0.2, 0.25) is 0 Å². The fourth-order valence-corrected chi connectivity index (χ4v) is 2.98. The van der Waals surface area contributed by atoms with Gasteiger partial charge in [-0.05, 0) is 43.5 Å². The Morgan fingerprint density at radius 1 is 1.45 bits per heavy atom. The summed E-state index contributed by atoms with van der Waals surface area (Å²) in [6, 6.07) is 5.45. The van der Waals surface area contributed by atoms with Gasteiger partial charge in [0.1, 0.15) is 0 Å². The fourth-order valence-electron chi connectivity index (χ4n) is 2.80. The van der Waals surface area contributed by atoms with Gasteiger partial charge in [-0.2, -0.15) is 0 Å². The number of ether oxygens (including phenoxy) is 1. The van der Waals surface area contributed by atoms with Crippen molar-refractivity contribution in [1.29, 1.82) is 0 Å². The molecule has 0 amide bonds. The lowest BCUT2D eigenvalue weighted by Gasteiger charge is -2.32. The van der Waals surface area contributed by atoms with Crippen molar-refractivity contribution in [3.63, 3.8) is 0 Å². The molecule has 1 aromatic carbocycles. The largest absolute Gasteiger partial charge is 0.465 e. The summed E-state index contributed by atoms with van der Waals surface area (Å²) in [5.74, 6) is 0.0810. The first-order chi connectivity index (χ1) is 9.65. The summed E-state index contributed by atoms with van der Waals surface area (Å²) in [5, 5.41) is 4.04. The average Bonchev–Trinajstić information content (AvgIpc) is 2.47. The van der Waals surface area contributed by atoms with Crippen LogP contribution in [0.4, 0.5) is 5.69 Å². The number of rotatable bonds is 4. The minimum absolute atomic E-state index is 0.288. The lowest BCUT2D eigenvalue weighted by molar-refractivity contribution is 0.0601. The van der Waals surface area contributed by atoms with Gasteiger partial charge in [-0.1, -0.05) is 24.4 Å². The quantitative estimate of drug-likeness (QED) is 0.838. The number of halogens is 1. The van der Waals surface area contributed by atoms with Crippen LogP contribution in [0.2, 0.25) is 5.02 Å². The minimum atomic E-state index is -0.357. The van der Waals surface area contributed by atoms with Crippen LogP contribution >= 0.6 is 11.6 Å². The Labute approximate surface area is 124 Å². The second-order valence-corrected chi connectivity index (χ2v) is 5.65. The Balaban J connectivity index is 2.22. The van der Waals surface area contributed by atoms with Crippen LogP contribution in [0.25, 0.3) is 0 Å². The van der Waals surface area contributed by atoms with Crippen molar-refractivity contribution in [3.8, 4) is 0 Å². The monoisotopic (exact) mass is 296 g/mol. The molecule has 110 valence electrons. The first-order valence-corrected chi connectivity index (χ1v) is 7.38. The zero-order valence-corrected chi connectivity index (χ0v) is 12.5. The van der Waals surface area contributed by atoms with Crippen molar-refractivity contribution >= 4 is 23.3 Å². The molecule has 1 fully saturated rings. The minimum Gasteiger partial charge on any atom is -0.465 e. The Hall–Kier alpha value is -1.26. The molecule has 4 nitrogen and oxygen atoms in total. The number of hydrogen-bond donors (Lipinski definition) is 2. The van der Waals surface area contributed by atoms with Crippen LogP contribution < -0.4 is 11.1 Å². The molecule has 2 atom stereocenters. The average molecular weight is 297 g/mol. The van der Waals surface area contributed by atoms with Gasteiger partial charge < -0.3 is 15.8 Å². The first kappa shape index (κ1) is 15.1. The molecule has 5 heteroatoms. The fraction of sp³-hybridized carbons (Fsp3) is 0.533. The van der Waals surface area contributed by atoms with Crippen molar-refractivity contribution < 1.29 is 9.53 Å². The summed E-state index contributed by atoms with van der Waals surface area (Å²) >= 11 is 6.04. The van der Waals surface area contributed by atoms with Crippen LogP contribution in [0, 0.1) is 5.92 Å². The number of nitrogens with two attached hydrogens (primary N) is 1. The molecule has 0 heterocycles. The second-order valence-electron chi connectivity index (χ2n) is 5.21. The maximum absolute atomic E-state index is 11.8. The number of hydrogen-bond acceptors (Lipinski definition) is 4. The molecule has 0 saturated heterocycles. The van der Waals surface area contributed by atoms with Crippen molar-refractivity contribution in [3.05, 3.63) is 28.8 Å². The number of methoxy groups -OCH3 is 1. The molecule has 0 spiro atoms. The van der Waals surface area contributed by atoms with Gasteiger partial charge in [0.25, 0.3) is 0 Å². The van der Waals surface area contributed by atoms with E-state index in [0.29, 0.717) is 23.0 Å². The summed E-state index contributed by atoms with van der Waals surface area (Å²) in [5.41, 5.74) is 7.09. The molecule has 1 aliphatic carbocycles. The molecule has 1 aliphatic rings. The number of carbonyl (C=O) groups is 1. The molecule has 0 bridgehead atoms. The van der Waals surface area contributed by atoms with Crippen LogP contribution in [0.3, 0.4) is 0 Å². The van der Waals surface area contributed by atoms with E-state index < -0.39 is 0 Å². The van der Waals surface area contributed by atoms with E-state index in [-0.39, 0.29) is 12.0 Å². The predicted molar refractivity (Wildman–Crippen MR) is 81.2 cm³/mol. The molecule has 2 rings (SSSR count). The van der Waals surface area contributed by atoms with E-state index in [1.54, 1.807) is 18.2 Å². The zero-order chi connectivity index (χ0) is 14.5. The highest BCUT2D eigenvalue weighted by molar-refractivity contribution is 6.31. The van der Waals surface area contributed by atoms with Gasteiger partial charge in [0.15, 0.2) is 0 Å². The number of anilines is 1. The molecule has 3 N–H and O–H groups in total. The molecule has 2 unspecified atom stereocenters. The highest BCUT2D eigenvalue weighted by Crippen LogP contribution is 2.29. The molecular weight excluding hydrogens is 276 g/mol. The molecule has 20 heavy (non-hydrogen) atoms. The van der Waals surface area contributed by atoms with E-state index in [2.05, 4.69) is 5.32 Å². The van der Waals surface area contributed by atoms with Crippen molar-refractivity contribution in [1.82, 2.24) is 0 Å². The van der Waals surface area contributed by atoms with Gasteiger partial charge in [0, 0.05) is 11.1 Å². The van der Waals surface area contributed by atoms with Crippen molar-refractivity contribution in [2.75, 3.05) is 19.0 Å². The zero-order valence-electron chi connectivity index (χ0n) is 11.7. The van der Waals surface area contributed by atoms with Gasteiger partial charge in [-0.3, -0.25) is 0 Å². The highest BCUT2D eigenvalue weighted by Gasteiger charge is 2.25. The topological polar surface area (TPSA) is 64.3 Å². The third-order valence-corrected chi connectivity index (χ3v) is 4.17. The summed E-state index contributed by atoms with van der Waals surface area (Å²) in [6.45, 7) is 0.659. The summed E-state index contributed by atoms with van der Waals surface area (Å²) in [6.07, 6.45) is 4.60. The van der Waals surface area contributed by atoms with Gasteiger partial charge in [-0.15, -0.1) is 0 Å². The smallest absolute Gasteiger partial charge is 0.339 e. The number of esters is 1. The van der Waals surface area contributed by atoms with Crippen LogP contribution in [-0.4, -0.2) is 25.7 Å². The van der Waals surface area contributed by atoms with Gasteiger partial charge >= 0.3 is 5.97 Å². The van der Waals surface area contributed by atoms with E-state index in [9.17, 15) is 4.79 Å². The SMILES string of the molecule is COC(=O)c1ccc(Cl)cc1NC1CCCCC1CN. The van der Waals surface area contributed by atoms with Gasteiger partial charge in [0.05, 0.1) is 18.4 Å². The van der Waals surface area contributed by atoms with Gasteiger partial charge in [-0.25, -0.2) is 4.79 Å². The number of benzene rings is 1. The maximum atomic E-state index is 11.8. The summed E-state index contributed by atoms with van der Waals surface area (Å²) < 4.78 is 4.81. The van der Waals surface area contributed by atoms with E-state index in [1.165, 1.54) is 20.0 Å². The Kier molecular flexibility index (Phi) is 5.26. The lowest BCUT2D eigenvalue weighted by atomic mass is 9.84. The van der Waals surface area contributed by atoms with Crippen LogP contribution in [-0.2, 0) is 4.74 Å². The van der Waals surface area contributed by atoms with Crippen LogP contribution in [0.15, 0.2) is 18.2 Å². The van der Waals surface area contributed by atoms with Crippen LogP contribution in [0.5, 0.6) is 0 Å². The standard InChI is InChI=1S/C15H21ClN2O2/c1-20-15(19)12-7-6-11(16)8-14(12)18-13-5-3-2-4-10(13)9-17/h6-8,10,13,18H,2-5,9,17H2,1H3. The van der Waals surface area contributed by atoms with Crippen LogP contribution in [0.1, 0.15) is 36.0 Å². The molecule has 0 radical (unpaired) electrons. The Bertz CT molecular complexity index is 479. The Morgan fingerprint density at radius 3 is 2.90 bits per heavy atom. The highest BCUT2D eigenvalue weighted by atomic mass is 35.5.